The van der Waals surface area contributed by atoms with E-state index in [-0.39, 0.29) is 0 Å². The molecule has 0 saturated heterocycles. The molecule has 0 aliphatic heterocycles. The lowest BCUT2D eigenvalue weighted by Gasteiger charge is -2.16. The van der Waals surface area contributed by atoms with Gasteiger partial charge in [0.05, 0.1) is 0 Å². The van der Waals surface area contributed by atoms with Crippen LogP contribution >= 0.6 is 0 Å². The van der Waals surface area contributed by atoms with E-state index in [2.05, 4.69) is 66.9 Å². The van der Waals surface area contributed by atoms with Crippen LogP contribution < -0.4 is 11.3 Å². The monoisotopic (exact) mass is 268 g/mol. The summed E-state index contributed by atoms with van der Waals surface area (Å²) in [5.41, 5.74) is 7.02. The smallest absolute Gasteiger partial charge is 0.0251 e. The van der Waals surface area contributed by atoms with Gasteiger partial charge in [-0.1, -0.05) is 60.2 Å². The molecule has 2 nitrogen and oxygen atoms in total. The highest BCUT2D eigenvalue weighted by Gasteiger charge is 2.07. The fraction of sp³-hybridized carbons (Fsp3) is 0.333. The molecule has 3 N–H and O–H groups in total. The SMILES string of the molecule is Cc1cccc(CC(CCCc2ccccc2)NN)c1. The Bertz CT molecular complexity index is 508. The molecule has 1 unspecified atom stereocenters. The van der Waals surface area contributed by atoms with Gasteiger partial charge in [0.15, 0.2) is 0 Å². The first-order valence-electron chi connectivity index (χ1n) is 7.33. The van der Waals surface area contributed by atoms with E-state index in [0.29, 0.717) is 6.04 Å². The number of hydrazine groups is 1. The topological polar surface area (TPSA) is 38.0 Å². The summed E-state index contributed by atoms with van der Waals surface area (Å²) in [7, 11) is 0. The number of hydrogen-bond acceptors (Lipinski definition) is 2. The Morgan fingerprint density at radius 1 is 1.00 bits per heavy atom. The second-order valence-electron chi connectivity index (χ2n) is 5.43. The van der Waals surface area contributed by atoms with Gasteiger partial charge in [-0.05, 0) is 43.7 Å². The summed E-state index contributed by atoms with van der Waals surface area (Å²) in [4.78, 5) is 0. The van der Waals surface area contributed by atoms with Crippen LogP contribution in [0.1, 0.15) is 29.5 Å². The minimum absolute atomic E-state index is 0.348. The van der Waals surface area contributed by atoms with Gasteiger partial charge in [0, 0.05) is 6.04 Å². The van der Waals surface area contributed by atoms with Crippen LogP contribution in [-0.2, 0) is 12.8 Å². The molecule has 106 valence electrons. The number of aryl methyl sites for hydroxylation is 2. The van der Waals surface area contributed by atoms with Crippen LogP contribution in [0.4, 0.5) is 0 Å². The van der Waals surface area contributed by atoms with E-state index in [1.807, 2.05) is 0 Å². The van der Waals surface area contributed by atoms with Gasteiger partial charge in [-0.2, -0.15) is 0 Å². The molecule has 0 saturated carbocycles. The van der Waals surface area contributed by atoms with Crippen molar-refractivity contribution in [2.45, 2.75) is 38.6 Å². The molecule has 0 fully saturated rings. The number of hydrogen-bond donors (Lipinski definition) is 2. The van der Waals surface area contributed by atoms with Crippen molar-refractivity contribution in [1.29, 1.82) is 0 Å². The quantitative estimate of drug-likeness (QED) is 0.596. The molecule has 0 spiro atoms. The van der Waals surface area contributed by atoms with E-state index in [0.717, 1.165) is 25.7 Å². The molecule has 0 radical (unpaired) electrons. The molecule has 2 aromatic carbocycles. The normalized spacial score (nSPS) is 12.3. The molecule has 0 aliphatic carbocycles. The average Bonchev–Trinajstić information content (AvgIpc) is 2.47. The maximum absolute atomic E-state index is 5.69. The lowest BCUT2D eigenvalue weighted by atomic mass is 9.99. The molecule has 0 amide bonds. The average molecular weight is 268 g/mol. The summed E-state index contributed by atoms with van der Waals surface area (Å²) in [6.07, 6.45) is 4.36. The van der Waals surface area contributed by atoms with E-state index in [9.17, 15) is 0 Å². The first-order chi connectivity index (χ1) is 9.78. The van der Waals surface area contributed by atoms with Crippen LogP contribution in [-0.4, -0.2) is 6.04 Å². The Labute approximate surface area is 122 Å². The standard InChI is InChI=1S/C18H24N2/c1-15-7-5-11-17(13-15)14-18(20-19)12-6-10-16-8-3-2-4-9-16/h2-5,7-9,11,13,18,20H,6,10,12,14,19H2,1H3. The minimum Gasteiger partial charge on any atom is -0.271 e. The van der Waals surface area contributed by atoms with Crippen LogP contribution in [0.2, 0.25) is 0 Å². The number of nitrogens with one attached hydrogen (secondary N) is 1. The maximum atomic E-state index is 5.69. The Balaban J connectivity index is 1.80. The lowest BCUT2D eigenvalue weighted by molar-refractivity contribution is 0.476. The molecular weight excluding hydrogens is 244 g/mol. The third-order valence-electron chi connectivity index (χ3n) is 3.66. The van der Waals surface area contributed by atoms with Gasteiger partial charge in [-0.15, -0.1) is 0 Å². The molecular formula is C18H24N2. The molecule has 1 atom stereocenters. The van der Waals surface area contributed by atoms with Gasteiger partial charge >= 0.3 is 0 Å². The summed E-state index contributed by atoms with van der Waals surface area (Å²) in [5, 5.41) is 0. The van der Waals surface area contributed by atoms with E-state index < -0.39 is 0 Å². The number of benzene rings is 2. The summed E-state index contributed by atoms with van der Waals surface area (Å²) < 4.78 is 0. The minimum atomic E-state index is 0.348. The summed E-state index contributed by atoms with van der Waals surface area (Å²) in [5.74, 6) is 5.69. The third kappa shape index (κ3) is 4.80. The number of rotatable bonds is 7. The predicted octanol–water partition coefficient (Wildman–Crippen LogP) is 3.39. The first kappa shape index (κ1) is 14.8. The highest BCUT2D eigenvalue weighted by molar-refractivity contribution is 5.23. The summed E-state index contributed by atoms with van der Waals surface area (Å²) >= 11 is 0. The van der Waals surface area contributed by atoms with Crippen molar-refractivity contribution in [3.05, 3.63) is 71.3 Å². The van der Waals surface area contributed by atoms with Crippen LogP contribution in [0.15, 0.2) is 54.6 Å². The zero-order valence-electron chi connectivity index (χ0n) is 12.2. The van der Waals surface area contributed by atoms with Crippen molar-refractivity contribution in [3.8, 4) is 0 Å². The Morgan fingerprint density at radius 3 is 2.45 bits per heavy atom. The Hall–Kier alpha value is -1.64. The van der Waals surface area contributed by atoms with Crippen molar-refractivity contribution in [3.63, 3.8) is 0 Å². The van der Waals surface area contributed by atoms with Crippen molar-refractivity contribution in [1.82, 2.24) is 5.43 Å². The third-order valence-corrected chi connectivity index (χ3v) is 3.66. The zero-order valence-corrected chi connectivity index (χ0v) is 12.2. The molecule has 0 aliphatic rings. The van der Waals surface area contributed by atoms with Crippen molar-refractivity contribution >= 4 is 0 Å². The predicted molar refractivity (Wildman–Crippen MR) is 85.4 cm³/mol. The van der Waals surface area contributed by atoms with E-state index in [1.54, 1.807) is 0 Å². The lowest BCUT2D eigenvalue weighted by Crippen LogP contribution is -2.36. The molecule has 2 rings (SSSR count). The second-order valence-corrected chi connectivity index (χ2v) is 5.43. The molecule has 20 heavy (non-hydrogen) atoms. The number of nitrogens with two attached hydrogens (primary N) is 1. The van der Waals surface area contributed by atoms with Crippen molar-refractivity contribution < 1.29 is 0 Å². The molecule has 0 aromatic heterocycles. The van der Waals surface area contributed by atoms with Gasteiger partial charge < -0.3 is 0 Å². The van der Waals surface area contributed by atoms with Gasteiger partial charge in [0.25, 0.3) is 0 Å². The highest BCUT2D eigenvalue weighted by atomic mass is 15.2. The first-order valence-corrected chi connectivity index (χ1v) is 7.33. The van der Waals surface area contributed by atoms with Crippen molar-refractivity contribution in [2.75, 3.05) is 0 Å². The van der Waals surface area contributed by atoms with Crippen molar-refractivity contribution in [2.24, 2.45) is 5.84 Å². The maximum Gasteiger partial charge on any atom is 0.0251 e. The van der Waals surface area contributed by atoms with Gasteiger partial charge in [0.2, 0.25) is 0 Å². The fourth-order valence-electron chi connectivity index (χ4n) is 2.57. The van der Waals surface area contributed by atoms with Gasteiger partial charge in [-0.25, -0.2) is 0 Å². The van der Waals surface area contributed by atoms with Crippen LogP contribution in [0.5, 0.6) is 0 Å². The largest absolute Gasteiger partial charge is 0.271 e. The van der Waals surface area contributed by atoms with Crippen LogP contribution in [0, 0.1) is 6.92 Å². The molecule has 0 heterocycles. The summed E-state index contributed by atoms with van der Waals surface area (Å²) in [6.45, 7) is 2.13. The van der Waals surface area contributed by atoms with Crippen LogP contribution in [0.25, 0.3) is 0 Å². The van der Waals surface area contributed by atoms with E-state index in [1.165, 1.54) is 16.7 Å². The second kappa shape index (κ2) is 7.83. The molecule has 2 aromatic rings. The fourth-order valence-corrected chi connectivity index (χ4v) is 2.57. The zero-order chi connectivity index (χ0) is 14.2. The Morgan fingerprint density at radius 2 is 1.75 bits per heavy atom. The van der Waals surface area contributed by atoms with Crippen LogP contribution in [0.3, 0.4) is 0 Å². The van der Waals surface area contributed by atoms with E-state index >= 15 is 0 Å². The molecule has 0 bridgehead atoms. The van der Waals surface area contributed by atoms with Gasteiger partial charge in [-0.3, -0.25) is 11.3 Å². The van der Waals surface area contributed by atoms with E-state index in [4.69, 9.17) is 5.84 Å². The molecule has 2 heteroatoms. The van der Waals surface area contributed by atoms with Gasteiger partial charge in [0.1, 0.15) is 0 Å². The Kier molecular flexibility index (Phi) is 5.78. The summed E-state index contributed by atoms with van der Waals surface area (Å²) in [6, 6.07) is 19.6. The highest BCUT2D eigenvalue weighted by Crippen LogP contribution is 2.11.